The first kappa shape index (κ1) is 42.1. The molecular weight excluding hydrogens is 857 g/mol. The molecule has 71 heavy (non-hydrogen) atoms. The van der Waals surface area contributed by atoms with Crippen LogP contribution in [0.15, 0.2) is 267 Å². The van der Waals surface area contributed by atoms with Crippen LogP contribution in [0.5, 0.6) is 0 Å². The summed E-state index contributed by atoms with van der Waals surface area (Å²) in [5.41, 5.74) is 23.8. The largest absolute Gasteiger partial charge is 0.310 e. The first-order chi connectivity index (χ1) is 35.0. The highest BCUT2D eigenvalue weighted by molar-refractivity contribution is 6.10. The fourth-order valence-corrected chi connectivity index (χ4v) is 11.2. The third-order valence-corrected chi connectivity index (χ3v) is 14.9. The van der Waals surface area contributed by atoms with Crippen LogP contribution in [0, 0.1) is 0 Å². The molecule has 0 bridgehead atoms. The van der Waals surface area contributed by atoms with E-state index in [1.54, 1.807) is 0 Å². The summed E-state index contributed by atoms with van der Waals surface area (Å²) in [5.74, 6) is 0. The molecule has 1 heterocycles. The number of benzene rings is 11. The minimum absolute atomic E-state index is 0.167. The molecule has 12 aromatic rings. The van der Waals surface area contributed by atoms with Gasteiger partial charge in [-0.15, -0.1) is 0 Å². The van der Waals surface area contributed by atoms with Crippen LogP contribution in [-0.4, -0.2) is 4.57 Å². The van der Waals surface area contributed by atoms with Crippen molar-refractivity contribution in [3.63, 3.8) is 0 Å². The highest BCUT2D eigenvalue weighted by atomic mass is 15.1. The monoisotopic (exact) mass is 906 g/mol. The molecule has 0 N–H and O–H groups in total. The third-order valence-electron chi connectivity index (χ3n) is 14.9. The van der Waals surface area contributed by atoms with Gasteiger partial charge in [-0.3, -0.25) is 0 Å². The van der Waals surface area contributed by atoms with Crippen LogP contribution < -0.4 is 4.90 Å². The molecule has 0 unspecified atom stereocenters. The maximum atomic E-state index is 2.48. The third kappa shape index (κ3) is 7.27. The summed E-state index contributed by atoms with van der Waals surface area (Å²) in [6.45, 7) is 4.74. The van der Waals surface area contributed by atoms with E-state index >= 15 is 0 Å². The summed E-state index contributed by atoms with van der Waals surface area (Å²) in [6, 6.07) is 98.0. The van der Waals surface area contributed by atoms with Crippen molar-refractivity contribution in [1.82, 2.24) is 4.57 Å². The van der Waals surface area contributed by atoms with Crippen LogP contribution >= 0.6 is 0 Å². The van der Waals surface area contributed by atoms with E-state index in [1.807, 2.05) is 0 Å². The smallest absolute Gasteiger partial charge is 0.0541 e. The van der Waals surface area contributed by atoms with Crippen molar-refractivity contribution in [1.29, 1.82) is 0 Å². The molecule has 13 rings (SSSR count). The van der Waals surface area contributed by atoms with Gasteiger partial charge in [0.25, 0.3) is 0 Å². The SMILES string of the molecule is CC1(C)c2ccccc2-c2ccc(N(c3ccc(-c4ccc(-c5ccccc5)cc4)cc3)c3ccc(-c4ccccc4-n4c5ccccc5c5ccccc54)cc3-c3ccc(-c4ccccc4)cc3)cc21. The van der Waals surface area contributed by atoms with Gasteiger partial charge in [-0.25, -0.2) is 0 Å². The highest BCUT2D eigenvalue weighted by Gasteiger charge is 2.36. The molecule has 1 aliphatic carbocycles. The van der Waals surface area contributed by atoms with Gasteiger partial charge in [0.2, 0.25) is 0 Å². The Balaban J connectivity index is 1.00. The molecule has 0 fully saturated rings. The van der Waals surface area contributed by atoms with Gasteiger partial charge < -0.3 is 9.47 Å². The van der Waals surface area contributed by atoms with E-state index in [-0.39, 0.29) is 5.41 Å². The second-order valence-corrected chi connectivity index (χ2v) is 19.3. The van der Waals surface area contributed by atoms with E-state index in [2.05, 4.69) is 290 Å². The van der Waals surface area contributed by atoms with E-state index < -0.39 is 0 Å². The number of aromatic nitrogens is 1. The van der Waals surface area contributed by atoms with Crippen LogP contribution in [0.25, 0.3) is 94.3 Å². The number of hydrogen-bond acceptors (Lipinski definition) is 1. The van der Waals surface area contributed by atoms with E-state index in [0.717, 1.165) is 39.4 Å². The molecule has 2 heteroatoms. The predicted octanol–water partition coefficient (Wildman–Crippen LogP) is 18.9. The molecule has 11 aromatic carbocycles. The average molecular weight is 907 g/mol. The molecule has 1 aromatic heterocycles. The molecular formula is C69H50N2. The summed E-state index contributed by atoms with van der Waals surface area (Å²) in [6.07, 6.45) is 0. The zero-order valence-electron chi connectivity index (χ0n) is 39.8. The Bertz CT molecular complexity index is 3860. The lowest BCUT2D eigenvalue weighted by Gasteiger charge is -2.30. The summed E-state index contributed by atoms with van der Waals surface area (Å²) in [7, 11) is 0. The van der Waals surface area contributed by atoms with Gasteiger partial charge in [-0.05, 0) is 121 Å². The Hall–Kier alpha value is -8.98. The molecule has 0 radical (unpaired) electrons. The Kier molecular flexibility index (Phi) is 10.2. The molecule has 2 nitrogen and oxygen atoms in total. The van der Waals surface area contributed by atoms with Crippen LogP contribution in [0.2, 0.25) is 0 Å². The summed E-state index contributed by atoms with van der Waals surface area (Å²) < 4.78 is 2.44. The predicted molar refractivity (Wildman–Crippen MR) is 300 cm³/mol. The zero-order valence-corrected chi connectivity index (χ0v) is 39.8. The standard InChI is InChI=1S/C69H50N2/c1-69(2)63-25-13-9-22-58(63)59-43-42-56(46-64(59)69)70(55-40-37-52(38-41-55)51-31-29-49(30-32-51)47-17-5-3-6-18-47)68-44-39-54(45-62(68)53-35-33-50(34-36-53)48-19-7-4-8-20-48)57-21-10-14-26-65(57)71-66-27-15-11-23-60(66)61-24-12-16-28-67(61)71/h3-46H,1-2H3. The summed E-state index contributed by atoms with van der Waals surface area (Å²) >= 11 is 0. The Labute approximate surface area is 416 Å². The van der Waals surface area contributed by atoms with E-state index in [1.165, 1.54) is 83.0 Å². The lowest BCUT2D eigenvalue weighted by atomic mass is 9.82. The van der Waals surface area contributed by atoms with Crippen molar-refractivity contribution in [2.24, 2.45) is 0 Å². The first-order valence-electron chi connectivity index (χ1n) is 24.7. The van der Waals surface area contributed by atoms with Crippen LogP contribution in [0.1, 0.15) is 25.0 Å². The normalized spacial score (nSPS) is 12.5. The Morgan fingerprint density at radius 1 is 0.296 bits per heavy atom. The van der Waals surface area contributed by atoms with Crippen molar-refractivity contribution in [3.05, 3.63) is 278 Å². The number of fused-ring (bicyclic) bond motifs is 6. The Morgan fingerprint density at radius 2 is 0.732 bits per heavy atom. The molecule has 336 valence electrons. The zero-order chi connectivity index (χ0) is 47.5. The quantitative estimate of drug-likeness (QED) is 0.140. The highest BCUT2D eigenvalue weighted by Crippen LogP contribution is 2.52. The van der Waals surface area contributed by atoms with E-state index in [4.69, 9.17) is 0 Å². The lowest BCUT2D eigenvalue weighted by molar-refractivity contribution is 0.660. The van der Waals surface area contributed by atoms with Gasteiger partial charge in [0.1, 0.15) is 0 Å². The number of hydrogen-bond donors (Lipinski definition) is 0. The minimum atomic E-state index is -0.167. The maximum absolute atomic E-state index is 2.48. The van der Waals surface area contributed by atoms with Crippen LogP contribution in [0.4, 0.5) is 17.1 Å². The Morgan fingerprint density at radius 3 is 1.34 bits per heavy atom. The van der Waals surface area contributed by atoms with E-state index in [0.29, 0.717) is 0 Å². The van der Waals surface area contributed by atoms with Crippen molar-refractivity contribution in [2.45, 2.75) is 19.3 Å². The number of para-hydroxylation sites is 3. The van der Waals surface area contributed by atoms with Crippen molar-refractivity contribution < 1.29 is 0 Å². The fraction of sp³-hybridized carbons (Fsp3) is 0.0435. The first-order valence-corrected chi connectivity index (χ1v) is 24.7. The minimum Gasteiger partial charge on any atom is -0.310 e. The molecule has 0 saturated carbocycles. The van der Waals surface area contributed by atoms with E-state index in [9.17, 15) is 0 Å². The second kappa shape index (κ2) is 17.2. The molecule has 0 aliphatic heterocycles. The summed E-state index contributed by atoms with van der Waals surface area (Å²) in [4.78, 5) is 2.48. The van der Waals surface area contributed by atoms with Gasteiger partial charge in [-0.2, -0.15) is 0 Å². The number of anilines is 3. The van der Waals surface area contributed by atoms with Crippen LogP contribution in [0.3, 0.4) is 0 Å². The second-order valence-electron chi connectivity index (χ2n) is 19.3. The summed E-state index contributed by atoms with van der Waals surface area (Å²) in [5, 5.41) is 2.50. The van der Waals surface area contributed by atoms with Gasteiger partial charge in [0, 0.05) is 38.7 Å². The molecule has 0 spiro atoms. The van der Waals surface area contributed by atoms with Gasteiger partial charge in [0.15, 0.2) is 0 Å². The number of rotatable bonds is 9. The van der Waals surface area contributed by atoms with Crippen molar-refractivity contribution >= 4 is 38.9 Å². The topological polar surface area (TPSA) is 8.17 Å². The number of nitrogens with zero attached hydrogens (tertiary/aromatic N) is 2. The van der Waals surface area contributed by atoms with Crippen LogP contribution in [-0.2, 0) is 5.41 Å². The van der Waals surface area contributed by atoms with Crippen molar-refractivity contribution in [2.75, 3.05) is 4.90 Å². The van der Waals surface area contributed by atoms with Gasteiger partial charge >= 0.3 is 0 Å². The van der Waals surface area contributed by atoms with Gasteiger partial charge in [-0.1, -0.05) is 226 Å². The molecule has 0 atom stereocenters. The average Bonchev–Trinajstić information content (AvgIpc) is 3.89. The molecule has 0 saturated heterocycles. The van der Waals surface area contributed by atoms with Gasteiger partial charge in [0.05, 0.1) is 22.4 Å². The van der Waals surface area contributed by atoms with Crippen molar-refractivity contribution in [3.8, 4) is 72.4 Å². The fourth-order valence-electron chi connectivity index (χ4n) is 11.2. The molecule has 0 amide bonds. The molecule has 1 aliphatic rings. The maximum Gasteiger partial charge on any atom is 0.0541 e. The lowest BCUT2D eigenvalue weighted by Crippen LogP contribution is -2.17.